The van der Waals surface area contributed by atoms with Gasteiger partial charge in [-0.2, -0.15) is 0 Å². The van der Waals surface area contributed by atoms with Crippen LogP contribution in [0.1, 0.15) is 29.0 Å². The van der Waals surface area contributed by atoms with Crippen molar-refractivity contribution < 1.29 is 24.1 Å². The van der Waals surface area contributed by atoms with Gasteiger partial charge in [0, 0.05) is 12.5 Å². The van der Waals surface area contributed by atoms with Crippen molar-refractivity contribution in [1.82, 2.24) is 4.90 Å². The molecule has 6 nitrogen and oxygen atoms in total. The van der Waals surface area contributed by atoms with Crippen molar-refractivity contribution in [2.45, 2.75) is 31.5 Å². The van der Waals surface area contributed by atoms with Crippen molar-refractivity contribution in [3.8, 4) is 5.75 Å². The second kappa shape index (κ2) is 13.3. The van der Waals surface area contributed by atoms with E-state index in [1.165, 1.54) is 21.2 Å². The quantitative estimate of drug-likeness (QED) is 0.226. The second-order valence-corrected chi connectivity index (χ2v) is 9.92. The largest absolute Gasteiger partial charge is 0.491 e. The number of carboxylic acid groups (broad SMARTS) is 1. The van der Waals surface area contributed by atoms with Crippen LogP contribution in [0.3, 0.4) is 0 Å². The summed E-state index contributed by atoms with van der Waals surface area (Å²) in [6, 6.07) is 32.9. The lowest BCUT2D eigenvalue weighted by molar-refractivity contribution is -0.0199. The molecule has 4 aromatic carbocycles. The van der Waals surface area contributed by atoms with Gasteiger partial charge in [0.15, 0.2) is 0 Å². The van der Waals surface area contributed by atoms with Crippen molar-refractivity contribution in [1.29, 1.82) is 0 Å². The summed E-state index contributed by atoms with van der Waals surface area (Å²) in [5.41, 5.74) is 3.48. The fraction of sp³-hybridized carbons (Fsp3) is 0.303. The SMILES string of the molecule is O=C(O)N1CCC(c2ccc(OCCOCCc3ccccc3)cc2)C(OCc2ccc3ccccc3c2)C1. The van der Waals surface area contributed by atoms with E-state index in [1.807, 2.05) is 42.5 Å². The van der Waals surface area contributed by atoms with E-state index in [1.54, 1.807) is 0 Å². The maximum absolute atomic E-state index is 11.7. The maximum atomic E-state index is 11.7. The number of nitrogens with zero attached hydrogens (tertiary/aromatic N) is 1. The number of ether oxygens (including phenoxy) is 3. The Kier molecular flexibility index (Phi) is 9.09. The van der Waals surface area contributed by atoms with Crippen molar-refractivity contribution >= 4 is 16.9 Å². The Morgan fingerprint density at radius 2 is 1.59 bits per heavy atom. The molecule has 202 valence electrons. The number of rotatable bonds is 11. The third kappa shape index (κ3) is 7.37. The number of piperidine rings is 1. The molecule has 0 saturated carbocycles. The number of benzene rings is 4. The summed E-state index contributed by atoms with van der Waals surface area (Å²) in [5, 5.41) is 12.0. The van der Waals surface area contributed by atoms with Gasteiger partial charge in [-0.3, -0.25) is 0 Å². The molecule has 0 spiro atoms. The summed E-state index contributed by atoms with van der Waals surface area (Å²) < 4.78 is 18.0. The van der Waals surface area contributed by atoms with E-state index in [-0.39, 0.29) is 12.0 Å². The highest BCUT2D eigenvalue weighted by Gasteiger charge is 2.33. The lowest BCUT2D eigenvalue weighted by Gasteiger charge is -2.37. The molecule has 0 radical (unpaired) electrons. The van der Waals surface area contributed by atoms with Gasteiger partial charge < -0.3 is 24.2 Å². The molecular formula is C33H35NO5. The van der Waals surface area contributed by atoms with E-state index < -0.39 is 6.09 Å². The first-order chi connectivity index (χ1) is 19.2. The van der Waals surface area contributed by atoms with Gasteiger partial charge in [-0.15, -0.1) is 0 Å². The molecule has 1 fully saturated rings. The Balaban J connectivity index is 1.14. The van der Waals surface area contributed by atoms with E-state index in [9.17, 15) is 9.90 Å². The van der Waals surface area contributed by atoms with Gasteiger partial charge in [-0.1, -0.05) is 78.9 Å². The van der Waals surface area contributed by atoms with Crippen LogP contribution in [0.15, 0.2) is 97.1 Å². The molecule has 5 rings (SSSR count). The standard InChI is InChI=1S/C33H35NO5/c35-33(36)34-18-16-31(32(23-34)39-24-26-10-11-27-8-4-5-9-29(27)22-26)28-12-14-30(15-13-28)38-21-20-37-19-17-25-6-2-1-3-7-25/h1-15,22,31-32H,16-21,23-24H2,(H,35,36). The Hall–Kier alpha value is -3.87. The van der Waals surface area contributed by atoms with Crippen molar-refractivity contribution in [3.05, 3.63) is 114 Å². The highest BCUT2D eigenvalue weighted by atomic mass is 16.5. The molecule has 2 atom stereocenters. The first kappa shape index (κ1) is 26.7. The Morgan fingerprint density at radius 1 is 0.821 bits per heavy atom. The minimum Gasteiger partial charge on any atom is -0.491 e. The van der Waals surface area contributed by atoms with Gasteiger partial charge in [0.05, 0.1) is 32.5 Å². The number of amides is 1. The van der Waals surface area contributed by atoms with Crippen LogP contribution < -0.4 is 4.74 Å². The zero-order valence-electron chi connectivity index (χ0n) is 22.1. The molecule has 0 aromatic heterocycles. The first-order valence-corrected chi connectivity index (χ1v) is 13.6. The lowest BCUT2D eigenvalue weighted by atomic mass is 9.87. The van der Waals surface area contributed by atoms with Crippen LogP contribution in [-0.2, 0) is 22.5 Å². The van der Waals surface area contributed by atoms with Gasteiger partial charge in [0.1, 0.15) is 12.4 Å². The van der Waals surface area contributed by atoms with Gasteiger partial charge in [-0.25, -0.2) is 4.79 Å². The Labute approximate surface area is 229 Å². The molecule has 1 N–H and O–H groups in total. The van der Waals surface area contributed by atoms with E-state index >= 15 is 0 Å². The highest BCUT2D eigenvalue weighted by Crippen LogP contribution is 2.32. The molecule has 1 aliphatic rings. The normalized spacial score (nSPS) is 17.3. The summed E-state index contributed by atoms with van der Waals surface area (Å²) in [4.78, 5) is 13.1. The zero-order chi connectivity index (χ0) is 26.9. The summed E-state index contributed by atoms with van der Waals surface area (Å²) in [7, 11) is 0. The predicted octanol–water partition coefficient (Wildman–Crippen LogP) is 6.53. The van der Waals surface area contributed by atoms with Gasteiger partial charge in [-0.05, 0) is 58.5 Å². The van der Waals surface area contributed by atoms with Crippen LogP contribution in [-0.4, -0.2) is 55.1 Å². The molecule has 39 heavy (non-hydrogen) atoms. The average Bonchev–Trinajstić information content (AvgIpc) is 2.98. The third-order valence-electron chi connectivity index (χ3n) is 7.29. The van der Waals surface area contributed by atoms with E-state index in [0.717, 1.165) is 23.3 Å². The predicted molar refractivity (Wildman–Crippen MR) is 152 cm³/mol. The van der Waals surface area contributed by atoms with Crippen LogP contribution in [0, 0.1) is 0 Å². The van der Waals surface area contributed by atoms with Crippen LogP contribution in [0.5, 0.6) is 5.75 Å². The molecular weight excluding hydrogens is 490 g/mol. The van der Waals surface area contributed by atoms with Crippen molar-refractivity contribution in [3.63, 3.8) is 0 Å². The molecule has 1 heterocycles. The number of fused-ring (bicyclic) bond motifs is 1. The Morgan fingerprint density at radius 3 is 2.38 bits per heavy atom. The van der Waals surface area contributed by atoms with Crippen LogP contribution in [0.25, 0.3) is 10.8 Å². The highest BCUT2D eigenvalue weighted by molar-refractivity contribution is 5.82. The topological polar surface area (TPSA) is 68.2 Å². The van der Waals surface area contributed by atoms with Gasteiger partial charge in [0.2, 0.25) is 0 Å². The molecule has 1 amide bonds. The number of hydrogen-bond acceptors (Lipinski definition) is 4. The molecule has 6 heteroatoms. The fourth-order valence-corrected chi connectivity index (χ4v) is 5.14. The third-order valence-corrected chi connectivity index (χ3v) is 7.29. The monoisotopic (exact) mass is 525 g/mol. The molecule has 4 aromatic rings. The molecule has 1 aliphatic heterocycles. The van der Waals surface area contributed by atoms with E-state index in [0.29, 0.717) is 45.9 Å². The fourth-order valence-electron chi connectivity index (χ4n) is 5.14. The van der Waals surface area contributed by atoms with Gasteiger partial charge in [0.25, 0.3) is 0 Å². The van der Waals surface area contributed by atoms with Crippen LogP contribution in [0.4, 0.5) is 4.79 Å². The average molecular weight is 526 g/mol. The van der Waals surface area contributed by atoms with Crippen LogP contribution in [0.2, 0.25) is 0 Å². The molecule has 1 saturated heterocycles. The van der Waals surface area contributed by atoms with E-state index in [2.05, 4.69) is 54.6 Å². The van der Waals surface area contributed by atoms with Crippen molar-refractivity contribution in [2.75, 3.05) is 32.9 Å². The minimum atomic E-state index is -0.900. The summed E-state index contributed by atoms with van der Waals surface area (Å²) in [6.45, 7) is 2.98. The molecule has 0 aliphatic carbocycles. The minimum absolute atomic E-state index is 0.108. The summed E-state index contributed by atoms with van der Waals surface area (Å²) in [5.74, 6) is 0.901. The number of likely N-dealkylation sites (tertiary alicyclic amines) is 1. The lowest BCUT2D eigenvalue weighted by Crippen LogP contribution is -2.46. The first-order valence-electron chi connectivity index (χ1n) is 13.6. The maximum Gasteiger partial charge on any atom is 0.407 e. The number of hydrogen-bond donors (Lipinski definition) is 1. The van der Waals surface area contributed by atoms with Gasteiger partial charge >= 0.3 is 6.09 Å². The molecule has 0 bridgehead atoms. The summed E-state index contributed by atoms with van der Waals surface area (Å²) in [6.07, 6.45) is 0.471. The molecule has 2 unspecified atom stereocenters. The smallest absolute Gasteiger partial charge is 0.407 e. The van der Waals surface area contributed by atoms with Crippen LogP contribution >= 0.6 is 0 Å². The zero-order valence-corrected chi connectivity index (χ0v) is 22.1. The van der Waals surface area contributed by atoms with Crippen molar-refractivity contribution in [2.24, 2.45) is 0 Å². The Bertz CT molecular complexity index is 1340. The second-order valence-electron chi connectivity index (χ2n) is 9.92. The number of carbonyl (C=O) groups is 1. The summed E-state index contributed by atoms with van der Waals surface area (Å²) >= 11 is 0. The van der Waals surface area contributed by atoms with E-state index in [4.69, 9.17) is 14.2 Å².